The van der Waals surface area contributed by atoms with Crippen LogP contribution in [0, 0.1) is 29.1 Å². The fourth-order valence-corrected chi connectivity index (χ4v) is 3.97. The predicted octanol–water partition coefficient (Wildman–Crippen LogP) is 5.82. The van der Waals surface area contributed by atoms with Crippen molar-refractivity contribution in [2.24, 2.45) is 0 Å². The minimum atomic E-state index is -2.25. The molecule has 0 amide bonds. The molecule has 0 radical (unpaired) electrons. The lowest BCUT2D eigenvalue weighted by atomic mass is 9.98. The van der Waals surface area contributed by atoms with Gasteiger partial charge in [-0.3, -0.25) is 0 Å². The van der Waals surface area contributed by atoms with Gasteiger partial charge in [0, 0.05) is 22.5 Å². The molecule has 31 heavy (non-hydrogen) atoms. The van der Waals surface area contributed by atoms with Gasteiger partial charge in [0.2, 0.25) is 29.1 Å². The fraction of sp³-hybridized carbons (Fsp3) is 0.217. The quantitative estimate of drug-likeness (QED) is 0.235. The molecule has 1 aliphatic carbocycles. The molecule has 3 aromatic rings. The van der Waals surface area contributed by atoms with E-state index in [0.717, 1.165) is 11.1 Å². The maximum absolute atomic E-state index is 14.3. The van der Waals surface area contributed by atoms with Gasteiger partial charge in [0.05, 0.1) is 0 Å². The summed E-state index contributed by atoms with van der Waals surface area (Å²) in [4.78, 5) is 0. The van der Waals surface area contributed by atoms with E-state index in [0.29, 0.717) is 46.5 Å². The highest BCUT2D eigenvalue weighted by Gasteiger charge is 2.35. The Morgan fingerprint density at radius 3 is 1.45 bits per heavy atom. The molecule has 4 N–H and O–H groups in total. The van der Waals surface area contributed by atoms with Crippen LogP contribution < -0.4 is 16.2 Å². The number of hydrogen-bond donors (Lipinski definition) is 2. The summed E-state index contributed by atoms with van der Waals surface area (Å²) in [6.45, 7) is 3.86. The van der Waals surface area contributed by atoms with Crippen LogP contribution in [0.4, 0.5) is 33.3 Å². The van der Waals surface area contributed by atoms with Crippen molar-refractivity contribution in [3.8, 4) is 16.9 Å². The molecule has 3 nitrogen and oxygen atoms in total. The van der Waals surface area contributed by atoms with Gasteiger partial charge >= 0.3 is 0 Å². The van der Waals surface area contributed by atoms with Crippen LogP contribution >= 0.6 is 0 Å². The van der Waals surface area contributed by atoms with Gasteiger partial charge in [0.25, 0.3) is 0 Å². The Balaban J connectivity index is 1.95. The van der Waals surface area contributed by atoms with Crippen LogP contribution in [0.1, 0.15) is 42.2 Å². The average Bonchev–Trinajstić information content (AvgIpc) is 3.03. The minimum Gasteiger partial charge on any atom is -0.475 e. The SMILES string of the molecule is CCc1cc2c(cc1N)C(Oc1c(F)c(F)c(F)c(F)c1F)c1cc(N)c(CC)cc1-2. The Kier molecular flexibility index (Phi) is 5.03. The third-order valence-corrected chi connectivity index (χ3v) is 5.64. The van der Waals surface area contributed by atoms with E-state index < -0.39 is 40.9 Å². The Bertz CT molecular complexity index is 1140. The predicted molar refractivity (Wildman–Crippen MR) is 108 cm³/mol. The first-order valence-electron chi connectivity index (χ1n) is 9.72. The molecule has 3 aromatic carbocycles. The number of aryl methyl sites for hydroxylation is 2. The molecule has 8 heteroatoms. The highest BCUT2D eigenvalue weighted by Crippen LogP contribution is 2.49. The number of halogens is 5. The summed E-state index contributed by atoms with van der Waals surface area (Å²) in [6, 6.07) is 6.90. The normalized spacial score (nSPS) is 12.7. The molecule has 162 valence electrons. The largest absolute Gasteiger partial charge is 0.475 e. The molecule has 0 atom stereocenters. The van der Waals surface area contributed by atoms with Gasteiger partial charge < -0.3 is 16.2 Å². The van der Waals surface area contributed by atoms with Gasteiger partial charge in [-0.2, -0.15) is 8.78 Å². The summed E-state index contributed by atoms with van der Waals surface area (Å²) >= 11 is 0. The first-order valence-corrected chi connectivity index (χ1v) is 9.72. The Hall–Kier alpha value is -3.29. The molecule has 4 rings (SSSR count). The zero-order chi connectivity index (χ0) is 22.6. The van der Waals surface area contributed by atoms with E-state index in [1.54, 1.807) is 12.1 Å². The zero-order valence-electron chi connectivity index (χ0n) is 16.8. The second-order valence-electron chi connectivity index (χ2n) is 7.38. The molecular weight excluding hydrogens is 415 g/mol. The summed E-state index contributed by atoms with van der Waals surface area (Å²) in [5, 5.41) is 0. The summed E-state index contributed by atoms with van der Waals surface area (Å²) in [7, 11) is 0. The number of fused-ring (bicyclic) bond motifs is 3. The molecule has 0 fully saturated rings. The maximum atomic E-state index is 14.3. The standard InChI is InChI=1S/C23H19F5N2O/c1-3-9-5-11-12-6-10(4-2)16(30)8-14(12)22(13(11)7-15(9)29)31-23-20(27)18(25)17(24)19(26)21(23)28/h5-8,22H,3-4,29-30H2,1-2H3. The lowest BCUT2D eigenvalue weighted by Crippen LogP contribution is -2.12. The van der Waals surface area contributed by atoms with E-state index in [2.05, 4.69) is 0 Å². The summed E-state index contributed by atoms with van der Waals surface area (Å²) in [6.07, 6.45) is 0.139. The van der Waals surface area contributed by atoms with Crippen LogP contribution in [-0.4, -0.2) is 0 Å². The number of anilines is 2. The maximum Gasteiger partial charge on any atom is 0.207 e. The van der Waals surface area contributed by atoms with Crippen LogP contribution in [0.5, 0.6) is 5.75 Å². The number of ether oxygens (including phenoxy) is 1. The van der Waals surface area contributed by atoms with Crippen LogP contribution in [0.2, 0.25) is 0 Å². The van der Waals surface area contributed by atoms with Crippen molar-refractivity contribution in [3.63, 3.8) is 0 Å². The van der Waals surface area contributed by atoms with Crippen molar-refractivity contribution in [1.82, 2.24) is 0 Å². The van der Waals surface area contributed by atoms with E-state index >= 15 is 0 Å². The lowest BCUT2D eigenvalue weighted by molar-refractivity contribution is 0.215. The summed E-state index contributed by atoms with van der Waals surface area (Å²) in [5.41, 5.74) is 17.1. The summed E-state index contributed by atoms with van der Waals surface area (Å²) < 4.78 is 74.9. The molecule has 0 aromatic heterocycles. The van der Waals surface area contributed by atoms with E-state index in [1.807, 2.05) is 26.0 Å². The Labute approximate surface area is 175 Å². The molecule has 1 aliphatic rings. The molecule has 0 aliphatic heterocycles. The monoisotopic (exact) mass is 434 g/mol. The van der Waals surface area contributed by atoms with Crippen LogP contribution in [0.15, 0.2) is 24.3 Å². The Morgan fingerprint density at radius 1 is 0.677 bits per heavy atom. The van der Waals surface area contributed by atoms with Gasteiger partial charge in [-0.25, -0.2) is 13.2 Å². The van der Waals surface area contributed by atoms with Crippen molar-refractivity contribution >= 4 is 11.4 Å². The lowest BCUT2D eigenvalue weighted by Gasteiger charge is -2.19. The number of benzene rings is 3. The topological polar surface area (TPSA) is 61.3 Å². The minimum absolute atomic E-state index is 0.434. The van der Waals surface area contributed by atoms with Gasteiger partial charge in [-0.1, -0.05) is 13.8 Å². The molecule has 0 saturated carbocycles. The zero-order valence-corrected chi connectivity index (χ0v) is 16.8. The van der Waals surface area contributed by atoms with Gasteiger partial charge in [0.15, 0.2) is 11.9 Å². The number of hydrogen-bond acceptors (Lipinski definition) is 3. The molecule has 0 unspecified atom stereocenters. The second-order valence-corrected chi connectivity index (χ2v) is 7.38. The first-order chi connectivity index (χ1) is 14.7. The van der Waals surface area contributed by atoms with Crippen molar-refractivity contribution < 1.29 is 26.7 Å². The second kappa shape index (κ2) is 7.44. The van der Waals surface area contributed by atoms with Crippen LogP contribution in [-0.2, 0) is 12.8 Å². The fourth-order valence-electron chi connectivity index (χ4n) is 3.97. The Morgan fingerprint density at radius 2 is 1.06 bits per heavy atom. The van der Waals surface area contributed by atoms with Crippen LogP contribution in [0.3, 0.4) is 0 Å². The van der Waals surface area contributed by atoms with Crippen molar-refractivity contribution in [2.45, 2.75) is 32.8 Å². The van der Waals surface area contributed by atoms with E-state index in [9.17, 15) is 22.0 Å². The number of nitrogens with two attached hydrogens (primary N) is 2. The van der Waals surface area contributed by atoms with Gasteiger partial charge in [-0.05, 0) is 59.4 Å². The summed E-state index contributed by atoms with van der Waals surface area (Å²) in [5.74, 6) is -11.8. The molecule has 0 heterocycles. The van der Waals surface area contributed by atoms with E-state index in [-0.39, 0.29) is 0 Å². The van der Waals surface area contributed by atoms with E-state index in [4.69, 9.17) is 16.2 Å². The molecule has 0 spiro atoms. The highest BCUT2D eigenvalue weighted by molar-refractivity contribution is 5.83. The van der Waals surface area contributed by atoms with Crippen molar-refractivity contribution in [1.29, 1.82) is 0 Å². The third-order valence-electron chi connectivity index (χ3n) is 5.64. The van der Waals surface area contributed by atoms with Crippen molar-refractivity contribution in [3.05, 3.63) is 75.6 Å². The molecule has 0 saturated heterocycles. The average molecular weight is 434 g/mol. The molecular formula is C23H19F5N2O. The third kappa shape index (κ3) is 3.08. The first kappa shape index (κ1) is 21.0. The van der Waals surface area contributed by atoms with Crippen LogP contribution in [0.25, 0.3) is 11.1 Å². The van der Waals surface area contributed by atoms with Gasteiger partial charge in [0.1, 0.15) is 0 Å². The number of nitrogen functional groups attached to an aromatic ring is 2. The molecule has 0 bridgehead atoms. The van der Waals surface area contributed by atoms with Gasteiger partial charge in [-0.15, -0.1) is 0 Å². The highest BCUT2D eigenvalue weighted by atomic mass is 19.2. The van der Waals surface area contributed by atoms with Crippen molar-refractivity contribution in [2.75, 3.05) is 11.5 Å². The van der Waals surface area contributed by atoms with E-state index in [1.165, 1.54) is 0 Å². The number of rotatable bonds is 4. The smallest absolute Gasteiger partial charge is 0.207 e.